The van der Waals surface area contributed by atoms with Crippen LogP contribution >= 0.6 is 0 Å². The Morgan fingerprint density at radius 3 is 2.67 bits per heavy atom. The molecule has 0 bridgehead atoms. The van der Waals surface area contributed by atoms with Crippen LogP contribution in [0.2, 0.25) is 0 Å². The molecule has 0 aromatic heterocycles. The molecule has 1 saturated carbocycles. The van der Waals surface area contributed by atoms with E-state index in [4.69, 9.17) is 5.73 Å². The minimum absolute atomic E-state index is 0.228. The van der Waals surface area contributed by atoms with Gasteiger partial charge in [-0.1, -0.05) is 19.8 Å². The number of hydrogen-bond acceptors (Lipinski definition) is 2. The van der Waals surface area contributed by atoms with Crippen molar-refractivity contribution in [2.75, 3.05) is 6.54 Å². The number of carbonyl (C=O) groups excluding carboxylic acids is 1. The topological polar surface area (TPSA) is 55.1 Å². The number of carbonyl (C=O) groups is 1. The van der Waals surface area contributed by atoms with Crippen LogP contribution in [0.5, 0.6) is 0 Å². The Balaban J connectivity index is 2.07. The van der Waals surface area contributed by atoms with Crippen LogP contribution in [-0.2, 0) is 4.79 Å². The highest BCUT2D eigenvalue weighted by atomic mass is 16.1. The standard InChI is InChI=1S/C12H24N2O/c1-10(8-9-13)6-7-12(15)14-11-4-2-3-5-11/h10-11H,2-9,13H2,1H3,(H,14,15). The van der Waals surface area contributed by atoms with E-state index in [1.165, 1.54) is 25.7 Å². The fourth-order valence-electron chi connectivity index (χ4n) is 2.18. The van der Waals surface area contributed by atoms with Gasteiger partial charge in [-0.2, -0.15) is 0 Å². The van der Waals surface area contributed by atoms with E-state index >= 15 is 0 Å². The summed E-state index contributed by atoms with van der Waals surface area (Å²) in [5.41, 5.74) is 5.47. The fourth-order valence-corrected chi connectivity index (χ4v) is 2.18. The molecule has 0 heterocycles. The lowest BCUT2D eigenvalue weighted by Crippen LogP contribution is -2.32. The van der Waals surface area contributed by atoms with Gasteiger partial charge in [0.2, 0.25) is 5.91 Å². The van der Waals surface area contributed by atoms with Crippen LogP contribution < -0.4 is 11.1 Å². The van der Waals surface area contributed by atoms with Crippen LogP contribution in [0.3, 0.4) is 0 Å². The molecule has 0 radical (unpaired) electrons. The molecule has 1 aliphatic carbocycles. The predicted molar refractivity (Wildman–Crippen MR) is 62.5 cm³/mol. The first-order valence-electron chi connectivity index (χ1n) is 6.21. The molecular weight excluding hydrogens is 188 g/mol. The zero-order valence-corrected chi connectivity index (χ0v) is 9.80. The van der Waals surface area contributed by atoms with Crippen molar-refractivity contribution >= 4 is 5.91 Å². The molecule has 0 saturated heterocycles. The maximum Gasteiger partial charge on any atom is 0.220 e. The van der Waals surface area contributed by atoms with E-state index in [1.807, 2.05) is 0 Å². The second-order valence-electron chi connectivity index (χ2n) is 4.77. The zero-order chi connectivity index (χ0) is 11.1. The zero-order valence-electron chi connectivity index (χ0n) is 9.80. The molecule has 0 aromatic rings. The first-order chi connectivity index (χ1) is 7.22. The van der Waals surface area contributed by atoms with Crippen molar-refractivity contribution in [1.29, 1.82) is 0 Å². The Hall–Kier alpha value is -0.570. The van der Waals surface area contributed by atoms with E-state index in [9.17, 15) is 4.79 Å². The molecule has 1 atom stereocenters. The van der Waals surface area contributed by atoms with E-state index < -0.39 is 0 Å². The highest BCUT2D eigenvalue weighted by Crippen LogP contribution is 2.18. The van der Waals surface area contributed by atoms with Crippen molar-refractivity contribution in [3.05, 3.63) is 0 Å². The van der Waals surface area contributed by atoms with Gasteiger partial charge in [0.1, 0.15) is 0 Å². The van der Waals surface area contributed by atoms with Gasteiger partial charge < -0.3 is 11.1 Å². The lowest BCUT2D eigenvalue weighted by molar-refractivity contribution is -0.122. The Morgan fingerprint density at radius 2 is 2.07 bits per heavy atom. The lowest BCUT2D eigenvalue weighted by atomic mass is 10.0. The summed E-state index contributed by atoms with van der Waals surface area (Å²) in [6.45, 7) is 2.89. The van der Waals surface area contributed by atoms with Crippen molar-refractivity contribution < 1.29 is 4.79 Å². The highest BCUT2D eigenvalue weighted by molar-refractivity contribution is 5.76. The average Bonchev–Trinajstić information content (AvgIpc) is 2.68. The van der Waals surface area contributed by atoms with Gasteiger partial charge in [-0.15, -0.1) is 0 Å². The summed E-state index contributed by atoms with van der Waals surface area (Å²) >= 11 is 0. The maximum atomic E-state index is 11.6. The Labute approximate surface area is 92.8 Å². The van der Waals surface area contributed by atoms with Gasteiger partial charge in [-0.05, 0) is 38.1 Å². The molecule has 1 rings (SSSR count). The molecule has 1 amide bonds. The molecule has 3 N–H and O–H groups in total. The smallest absolute Gasteiger partial charge is 0.220 e. The molecule has 0 aliphatic heterocycles. The quantitative estimate of drug-likeness (QED) is 0.705. The Bertz CT molecular complexity index is 188. The van der Waals surface area contributed by atoms with Crippen LogP contribution in [0.15, 0.2) is 0 Å². The molecule has 0 aromatic carbocycles. The van der Waals surface area contributed by atoms with E-state index in [0.29, 0.717) is 18.4 Å². The highest BCUT2D eigenvalue weighted by Gasteiger charge is 2.17. The summed E-state index contributed by atoms with van der Waals surface area (Å²) in [7, 11) is 0. The normalized spacial score (nSPS) is 19.1. The van der Waals surface area contributed by atoms with Gasteiger partial charge in [-0.3, -0.25) is 4.79 Å². The van der Waals surface area contributed by atoms with Crippen LogP contribution in [-0.4, -0.2) is 18.5 Å². The van der Waals surface area contributed by atoms with Crippen LogP contribution in [0.25, 0.3) is 0 Å². The second-order valence-corrected chi connectivity index (χ2v) is 4.77. The molecule has 1 unspecified atom stereocenters. The molecular formula is C12H24N2O. The third-order valence-electron chi connectivity index (χ3n) is 3.24. The Morgan fingerprint density at radius 1 is 1.40 bits per heavy atom. The molecule has 88 valence electrons. The van der Waals surface area contributed by atoms with Gasteiger partial charge in [0, 0.05) is 12.5 Å². The molecule has 1 fully saturated rings. The number of amides is 1. The van der Waals surface area contributed by atoms with E-state index in [0.717, 1.165) is 19.4 Å². The maximum absolute atomic E-state index is 11.6. The van der Waals surface area contributed by atoms with Gasteiger partial charge in [0.15, 0.2) is 0 Å². The monoisotopic (exact) mass is 212 g/mol. The van der Waals surface area contributed by atoms with Gasteiger partial charge in [-0.25, -0.2) is 0 Å². The summed E-state index contributed by atoms with van der Waals surface area (Å²) in [6, 6.07) is 0.460. The molecule has 0 spiro atoms. The van der Waals surface area contributed by atoms with Gasteiger partial charge in [0.05, 0.1) is 0 Å². The third kappa shape index (κ3) is 5.17. The minimum atomic E-state index is 0.228. The Kier molecular flexibility index (Phi) is 5.69. The summed E-state index contributed by atoms with van der Waals surface area (Å²) in [5.74, 6) is 0.801. The summed E-state index contributed by atoms with van der Waals surface area (Å²) in [6.07, 6.45) is 7.54. The minimum Gasteiger partial charge on any atom is -0.353 e. The van der Waals surface area contributed by atoms with Crippen LogP contribution in [0.4, 0.5) is 0 Å². The van der Waals surface area contributed by atoms with E-state index in [2.05, 4.69) is 12.2 Å². The molecule has 15 heavy (non-hydrogen) atoms. The van der Waals surface area contributed by atoms with Crippen molar-refractivity contribution in [3.8, 4) is 0 Å². The van der Waals surface area contributed by atoms with E-state index in [1.54, 1.807) is 0 Å². The van der Waals surface area contributed by atoms with Crippen molar-refractivity contribution in [1.82, 2.24) is 5.32 Å². The fraction of sp³-hybridized carbons (Fsp3) is 0.917. The summed E-state index contributed by atoms with van der Waals surface area (Å²) in [4.78, 5) is 11.6. The number of hydrogen-bond donors (Lipinski definition) is 2. The van der Waals surface area contributed by atoms with Crippen LogP contribution in [0, 0.1) is 5.92 Å². The second kappa shape index (κ2) is 6.83. The number of rotatable bonds is 6. The lowest BCUT2D eigenvalue weighted by Gasteiger charge is -2.13. The first kappa shape index (κ1) is 12.5. The van der Waals surface area contributed by atoms with Crippen molar-refractivity contribution in [3.63, 3.8) is 0 Å². The van der Waals surface area contributed by atoms with E-state index in [-0.39, 0.29) is 5.91 Å². The van der Waals surface area contributed by atoms with Gasteiger partial charge in [0.25, 0.3) is 0 Å². The predicted octanol–water partition coefficient (Wildman–Crippen LogP) is 1.81. The van der Waals surface area contributed by atoms with Crippen molar-refractivity contribution in [2.24, 2.45) is 11.7 Å². The SMILES string of the molecule is CC(CCN)CCC(=O)NC1CCCC1. The largest absolute Gasteiger partial charge is 0.353 e. The van der Waals surface area contributed by atoms with Crippen LogP contribution in [0.1, 0.15) is 51.9 Å². The third-order valence-corrected chi connectivity index (χ3v) is 3.24. The van der Waals surface area contributed by atoms with Gasteiger partial charge >= 0.3 is 0 Å². The molecule has 1 aliphatic rings. The average molecular weight is 212 g/mol. The summed E-state index contributed by atoms with van der Waals surface area (Å²) in [5, 5.41) is 3.11. The number of nitrogens with one attached hydrogen (secondary N) is 1. The number of nitrogens with two attached hydrogens (primary N) is 1. The van der Waals surface area contributed by atoms with Crippen molar-refractivity contribution in [2.45, 2.75) is 57.9 Å². The molecule has 3 heteroatoms. The molecule has 3 nitrogen and oxygen atoms in total. The summed E-state index contributed by atoms with van der Waals surface area (Å²) < 4.78 is 0. The first-order valence-corrected chi connectivity index (χ1v) is 6.21.